The van der Waals surface area contributed by atoms with Crippen molar-refractivity contribution in [3.63, 3.8) is 0 Å². The highest BCUT2D eigenvalue weighted by molar-refractivity contribution is 5.63. The number of rotatable bonds is 4. The second-order valence-corrected chi connectivity index (χ2v) is 3.79. The van der Waals surface area contributed by atoms with Crippen molar-refractivity contribution >= 4 is 6.29 Å². The van der Waals surface area contributed by atoms with Crippen LogP contribution in [0.5, 0.6) is 0 Å². The third-order valence-electron chi connectivity index (χ3n) is 2.63. The number of hydrogen-bond acceptors (Lipinski definition) is 3. The molecule has 2 rings (SSSR count). The minimum Gasteiger partial charge on any atom is -0.369 e. The number of carbonyl (C=O) groups is 1. The average molecular weight is 230 g/mol. The van der Waals surface area contributed by atoms with Crippen LogP contribution in [0.25, 0.3) is 11.3 Å². The lowest BCUT2D eigenvalue weighted by atomic mass is 10.1. The van der Waals surface area contributed by atoms with Gasteiger partial charge < -0.3 is 9.53 Å². The van der Waals surface area contributed by atoms with E-state index in [0.29, 0.717) is 0 Å². The van der Waals surface area contributed by atoms with Crippen molar-refractivity contribution in [2.75, 3.05) is 7.11 Å². The van der Waals surface area contributed by atoms with Gasteiger partial charge in [0.25, 0.3) is 0 Å². The van der Waals surface area contributed by atoms with Crippen molar-refractivity contribution in [2.24, 2.45) is 7.05 Å². The summed E-state index contributed by atoms with van der Waals surface area (Å²) in [6, 6.07) is 9.59. The van der Waals surface area contributed by atoms with Crippen molar-refractivity contribution < 1.29 is 9.53 Å². The van der Waals surface area contributed by atoms with Crippen LogP contribution in [0.3, 0.4) is 0 Å². The van der Waals surface area contributed by atoms with Gasteiger partial charge in [0.05, 0.1) is 5.69 Å². The first kappa shape index (κ1) is 11.5. The Morgan fingerprint density at radius 1 is 1.29 bits per heavy atom. The maximum Gasteiger partial charge on any atom is 0.153 e. The summed E-state index contributed by atoms with van der Waals surface area (Å²) in [4.78, 5) is 10.8. The summed E-state index contributed by atoms with van der Waals surface area (Å²) < 4.78 is 6.80. The van der Waals surface area contributed by atoms with Crippen molar-refractivity contribution in [1.29, 1.82) is 0 Å². The lowest BCUT2D eigenvalue weighted by Crippen LogP contribution is -2.02. The fourth-order valence-electron chi connectivity index (χ4n) is 1.68. The van der Waals surface area contributed by atoms with Gasteiger partial charge in [-0.1, -0.05) is 24.3 Å². The summed E-state index contributed by atoms with van der Waals surface area (Å²) in [5.41, 5.74) is 2.79. The molecule has 17 heavy (non-hydrogen) atoms. The molecule has 0 amide bonds. The van der Waals surface area contributed by atoms with E-state index in [-0.39, 0.29) is 0 Å². The zero-order chi connectivity index (χ0) is 12.3. The molecule has 0 N–H and O–H groups in total. The first-order valence-corrected chi connectivity index (χ1v) is 5.32. The molecule has 1 heterocycles. The van der Waals surface area contributed by atoms with E-state index in [1.807, 2.05) is 43.6 Å². The minimum absolute atomic E-state index is 0.493. The van der Waals surface area contributed by atoms with Crippen molar-refractivity contribution in [1.82, 2.24) is 9.78 Å². The number of carbonyl (C=O) groups excluding carboxylic acids is 1. The van der Waals surface area contributed by atoms with E-state index in [1.54, 1.807) is 4.68 Å². The SMILES string of the molecule is COC(C=O)c1ccc(-c2ccn(C)n2)cc1. The summed E-state index contributed by atoms with van der Waals surface area (Å²) in [7, 11) is 3.40. The highest BCUT2D eigenvalue weighted by atomic mass is 16.5. The van der Waals surface area contributed by atoms with E-state index in [2.05, 4.69) is 5.10 Å². The Balaban J connectivity index is 2.26. The van der Waals surface area contributed by atoms with Crippen LogP contribution in [0.15, 0.2) is 36.5 Å². The maximum absolute atomic E-state index is 10.8. The van der Waals surface area contributed by atoms with Crippen molar-refractivity contribution in [2.45, 2.75) is 6.10 Å². The van der Waals surface area contributed by atoms with Crippen LogP contribution in [0.1, 0.15) is 11.7 Å². The van der Waals surface area contributed by atoms with Gasteiger partial charge in [-0.15, -0.1) is 0 Å². The maximum atomic E-state index is 10.8. The third kappa shape index (κ3) is 2.42. The Bertz CT molecular complexity index is 502. The predicted octanol–water partition coefficient (Wildman–Crippen LogP) is 1.97. The molecule has 0 saturated carbocycles. The van der Waals surface area contributed by atoms with Crippen LogP contribution < -0.4 is 0 Å². The summed E-state index contributed by atoms with van der Waals surface area (Å²) in [5.74, 6) is 0. The molecule has 4 heteroatoms. The largest absolute Gasteiger partial charge is 0.369 e. The highest BCUT2D eigenvalue weighted by Crippen LogP contribution is 2.20. The van der Waals surface area contributed by atoms with E-state index in [9.17, 15) is 4.79 Å². The summed E-state index contributed by atoms with van der Waals surface area (Å²) >= 11 is 0. The van der Waals surface area contributed by atoms with E-state index < -0.39 is 6.10 Å². The second-order valence-electron chi connectivity index (χ2n) is 3.79. The molecule has 88 valence electrons. The molecular weight excluding hydrogens is 216 g/mol. The monoisotopic (exact) mass is 230 g/mol. The molecule has 1 aromatic heterocycles. The summed E-state index contributed by atoms with van der Waals surface area (Å²) in [6.45, 7) is 0. The Labute approximate surface area is 99.8 Å². The number of aromatic nitrogens is 2. The molecule has 0 aliphatic carbocycles. The van der Waals surface area contributed by atoms with Crippen LogP contribution in [0.2, 0.25) is 0 Å². The topological polar surface area (TPSA) is 44.1 Å². The molecule has 1 unspecified atom stereocenters. The molecule has 0 bridgehead atoms. The molecule has 2 aromatic rings. The van der Waals surface area contributed by atoms with Gasteiger partial charge in [0.15, 0.2) is 6.29 Å². The quantitative estimate of drug-likeness (QED) is 0.754. The van der Waals surface area contributed by atoms with Gasteiger partial charge in [-0.3, -0.25) is 4.68 Å². The molecule has 1 aromatic carbocycles. The first-order valence-electron chi connectivity index (χ1n) is 5.32. The Hall–Kier alpha value is -1.94. The number of aldehydes is 1. The van der Waals surface area contributed by atoms with Crippen LogP contribution in [-0.2, 0) is 16.6 Å². The summed E-state index contributed by atoms with van der Waals surface area (Å²) in [5, 5.41) is 4.31. The molecule has 0 aliphatic rings. The minimum atomic E-state index is -0.493. The fourth-order valence-corrected chi connectivity index (χ4v) is 1.68. The Morgan fingerprint density at radius 3 is 2.47 bits per heavy atom. The van der Waals surface area contributed by atoms with Gasteiger partial charge in [0.1, 0.15) is 6.10 Å². The van der Waals surface area contributed by atoms with Gasteiger partial charge in [-0.2, -0.15) is 5.10 Å². The van der Waals surface area contributed by atoms with E-state index in [4.69, 9.17) is 4.74 Å². The number of hydrogen-bond donors (Lipinski definition) is 0. The van der Waals surface area contributed by atoms with Gasteiger partial charge in [-0.05, 0) is 11.6 Å². The second kappa shape index (κ2) is 4.93. The number of ether oxygens (including phenoxy) is 1. The standard InChI is InChI=1S/C13H14N2O2/c1-15-8-7-12(14-15)10-3-5-11(6-4-10)13(9-16)17-2/h3-9,13H,1-2H3. The van der Waals surface area contributed by atoms with Gasteiger partial charge in [-0.25, -0.2) is 0 Å². The number of nitrogens with zero attached hydrogens (tertiary/aromatic N) is 2. The van der Waals surface area contributed by atoms with Gasteiger partial charge >= 0.3 is 0 Å². The lowest BCUT2D eigenvalue weighted by Gasteiger charge is -2.08. The molecule has 0 radical (unpaired) electrons. The van der Waals surface area contributed by atoms with Crippen LogP contribution in [-0.4, -0.2) is 23.2 Å². The Kier molecular flexibility index (Phi) is 3.35. The van der Waals surface area contributed by atoms with Crippen LogP contribution >= 0.6 is 0 Å². The van der Waals surface area contributed by atoms with E-state index in [1.165, 1.54) is 7.11 Å². The number of benzene rings is 1. The van der Waals surface area contributed by atoms with Crippen molar-refractivity contribution in [3.05, 3.63) is 42.1 Å². The highest BCUT2D eigenvalue weighted by Gasteiger charge is 2.09. The average Bonchev–Trinajstić information content (AvgIpc) is 2.78. The number of methoxy groups -OCH3 is 1. The smallest absolute Gasteiger partial charge is 0.153 e. The fraction of sp³-hybridized carbons (Fsp3) is 0.231. The molecule has 0 saturated heterocycles. The Morgan fingerprint density at radius 2 is 2.00 bits per heavy atom. The van der Waals surface area contributed by atoms with Crippen LogP contribution in [0, 0.1) is 0 Å². The zero-order valence-electron chi connectivity index (χ0n) is 9.83. The molecule has 0 aliphatic heterocycles. The normalized spacial score (nSPS) is 12.4. The molecule has 0 fully saturated rings. The molecule has 0 spiro atoms. The third-order valence-corrected chi connectivity index (χ3v) is 2.63. The van der Waals surface area contributed by atoms with Crippen LogP contribution in [0.4, 0.5) is 0 Å². The molecule has 4 nitrogen and oxygen atoms in total. The summed E-state index contributed by atoms with van der Waals surface area (Å²) in [6.07, 6.45) is 2.19. The van der Waals surface area contributed by atoms with Crippen molar-refractivity contribution in [3.8, 4) is 11.3 Å². The number of aryl methyl sites for hydroxylation is 1. The lowest BCUT2D eigenvalue weighted by molar-refractivity contribution is -0.116. The van der Waals surface area contributed by atoms with E-state index in [0.717, 1.165) is 23.1 Å². The van der Waals surface area contributed by atoms with E-state index >= 15 is 0 Å². The predicted molar refractivity (Wildman–Crippen MR) is 64.5 cm³/mol. The zero-order valence-corrected chi connectivity index (χ0v) is 9.83. The molecule has 1 atom stereocenters. The first-order chi connectivity index (χ1) is 8.24. The van der Waals surface area contributed by atoms with Gasteiger partial charge in [0.2, 0.25) is 0 Å². The van der Waals surface area contributed by atoms with Gasteiger partial charge in [0, 0.05) is 25.9 Å². The molecular formula is C13H14N2O2.